The molecule has 1 aromatic rings. The Labute approximate surface area is 107 Å². The molecule has 1 N–H and O–H groups in total. The number of nitriles is 1. The second-order valence-electron chi connectivity index (χ2n) is 4.58. The number of halogens is 1. The molecule has 1 heterocycles. The van der Waals surface area contributed by atoms with E-state index in [1.165, 1.54) is 25.0 Å². The molecule has 1 aromatic carbocycles. The lowest BCUT2D eigenvalue weighted by molar-refractivity contribution is 0.251. The van der Waals surface area contributed by atoms with Crippen LogP contribution in [0.15, 0.2) is 18.2 Å². The molecule has 0 aliphatic carbocycles. The Hall–Kier alpha value is -1.60. The predicted octanol–water partition coefficient (Wildman–Crippen LogP) is 2.47. The van der Waals surface area contributed by atoms with E-state index in [2.05, 4.69) is 5.32 Å². The molecule has 0 radical (unpaired) electrons. The SMILES string of the molecule is N#Cc1ccc(OCCC2CCNCC2)cc1F. The van der Waals surface area contributed by atoms with Crippen LogP contribution < -0.4 is 10.1 Å². The number of piperidine rings is 1. The molecule has 4 heteroatoms. The smallest absolute Gasteiger partial charge is 0.144 e. The van der Waals surface area contributed by atoms with Crippen LogP contribution in [0.5, 0.6) is 5.75 Å². The van der Waals surface area contributed by atoms with Crippen LogP contribution in [0.4, 0.5) is 4.39 Å². The van der Waals surface area contributed by atoms with E-state index in [0.29, 0.717) is 18.3 Å². The summed E-state index contributed by atoms with van der Waals surface area (Å²) in [7, 11) is 0. The molecule has 18 heavy (non-hydrogen) atoms. The lowest BCUT2D eigenvalue weighted by Gasteiger charge is -2.22. The molecule has 0 spiro atoms. The van der Waals surface area contributed by atoms with E-state index in [-0.39, 0.29) is 5.56 Å². The Morgan fingerprint density at radius 3 is 2.83 bits per heavy atom. The first kappa shape index (κ1) is 12.8. The van der Waals surface area contributed by atoms with E-state index in [1.54, 1.807) is 12.1 Å². The first-order valence-corrected chi connectivity index (χ1v) is 6.33. The summed E-state index contributed by atoms with van der Waals surface area (Å²) in [5.74, 6) is 0.687. The normalized spacial score (nSPS) is 16.2. The number of ether oxygens (including phenoxy) is 1. The number of benzene rings is 1. The van der Waals surface area contributed by atoms with E-state index in [0.717, 1.165) is 19.5 Å². The Kier molecular flexibility index (Phi) is 4.54. The van der Waals surface area contributed by atoms with Crippen LogP contribution in [-0.2, 0) is 0 Å². The number of hydrogen-bond donors (Lipinski definition) is 1. The third-order valence-corrected chi connectivity index (χ3v) is 3.31. The second-order valence-corrected chi connectivity index (χ2v) is 4.58. The Balaban J connectivity index is 1.79. The molecule has 1 aliphatic rings. The highest BCUT2D eigenvalue weighted by molar-refractivity contribution is 5.36. The lowest BCUT2D eigenvalue weighted by atomic mass is 9.95. The van der Waals surface area contributed by atoms with Crippen LogP contribution in [0.3, 0.4) is 0 Å². The largest absolute Gasteiger partial charge is 0.493 e. The van der Waals surface area contributed by atoms with E-state index in [9.17, 15) is 4.39 Å². The van der Waals surface area contributed by atoms with Gasteiger partial charge in [0.15, 0.2) is 0 Å². The molecule has 1 aliphatic heterocycles. The van der Waals surface area contributed by atoms with E-state index in [4.69, 9.17) is 10.00 Å². The van der Waals surface area contributed by atoms with Crippen molar-refractivity contribution in [1.82, 2.24) is 5.32 Å². The maximum Gasteiger partial charge on any atom is 0.144 e. The van der Waals surface area contributed by atoms with E-state index in [1.807, 2.05) is 0 Å². The minimum atomic E-state index is -0.517. The molecule has 1 saturated heterocycles. The zero-order chi connectivity index (χ0) is 12.8. The van der Waals surface area contributed by atoms with Gasteiger partial charge in [0.05, 0.1) is 12.2 Å². The van der Waals surface area contributed by atoms with Crippen molar-refractivity contribution in [2.45, 2.75) is 19.3 Å². The molecule has 3 nitrogen and oxygen atoms in total. The fraction of sp³-hybridized carbons (Fsp3) is 0.500. The summed E-state index contributed by atoms with van der Waals surface area (Å²) < 4.78 is 18.8. The van der Waals surface area contributed by atoms with Gasteiger partial charge in [-0.05, 0) is 50.4 Å². The van der Waals surface area contributed by atoms with Crippen molar-refractivity contribution >= 4 is 0 Å². The van der Waals surface area contributed by atoms with Crippen LogP contribution in [-0.4, -0.2) is 19.7 Å². The fourth-order valence-corrected chi connectivity index (χ4v) is 2.19. The van der Waals surface area contributed by atoms with Crippen molar-refractivity contribution in [1.29, 1.82) is 5.26 Å². The van der Waals surface area contributed by atoms with Gasteiger partial charge in [-0.15, -0.1) is 0 Å². The molecular formula is C14H17FN2O. The number of rotatable bonds is 4. The zero-order valence-electron chi connectivity index (χ0n) is 10.3. The van der Waals surface area contributed by atoms with Crippen LogP contribution >= 0.6 is 0 Å². The van der Waals surface area contributed by atoms with E-state index < -0.39 is 5.82 Å². The van der Waals surface area contributed by atoms with Gasteiger partial charge in [-0.3, -0.25) is 0 Å². The molecule has 1 fully saturated rings. The summed E-state index contributed by atoms with van der Waals surface area (Å²) in [5, 5.41) is 11.9. The Morgan fingerprint density at radius 1 is 1.39 bits per heavy atom. The predicted molar refractivity (Wildman–Crippen MR) is 66.8 cm³/mol. The molecule has 2 rings (SSSR count). The number of nitrogens with zero attached hydrogens (tertiary/aromatic N) is 1. The van der Waals surface area contributed by atoms with Gasteiger partial charge in [-0.2, -0.15) is 5.26 Å². The third kappa shape index (κ3) is 3.44. The third-order valence-electron chi connectivity index (χ3n) is 3.31. The van der Waals surface area contributed by atoms with Crippen molar-refractivity contribution < 1.29 is 9.13 Å². The van der Waals surface area contributed by atoms with Gasteiger partial charge < -0.3 is 10.1 Å². The zero-order valence-corrected chi connectivity index (χ0v) is 10.3. The molecule has 0 bridgehead atoms. The van der Waals surface area contributed by atoms with Gasteiger partial charge in [-0.25, -0.2) is 4.39 Å². The maximum absolute atomic E-state index is 13.3. The monoisotopic (exact) mass is 248 g/mol. The van der Waals surface area contributed by atoms with Crippen molar-refractivity contribution in [3.05, 3.63) is 29.6 Å². The Bertz CT molecular complexity index is 436. The minimum Gasteiger partial charge on any atom is -0.493 e. The standard InChI is InChI=1S/C14H17FN2O/c15-14-9-13(2-1-12(14)10-16)18-8-5-11-3-6-17-7-4-11/h1-2,9,11,17H,3-8H2. The van der Waals surface area contributed by atoms with Crippen LogP contribution in [0.1, 0.15) is 24.8 Å². The highest BCUT2D eigenvalue weighted by Gasteiger charge is 2.12. The summed E-state index contributed by atoms with van der Waals surface area (Å²) in [4.78, 5) is 0. The topological polar surface area (TPSA) is 45.0 Å². The van der Waals surface area contributed by atoms with E-state index >= 15 is 0 Å². The van der Waals surface area contributed by atoms with Gasteiger partial charge in [-0.1, -0.05) is 0 Å². The fourth-order valence-electron chi connectivity index (χ4n) is 2.19. The van der Waals surface area contributed by atoms with Gasteiger partial charge >= 0.3 is 0 Å². The molecule has 0 amide bonds. The average molecular weight is 248 g/mol. The highest BCUT2D eigenvalue weighted by atomic mass is 19.1. The summed E-state index contributed by atoms with van der Waals surface area (Å²) >= 11 is 0. The van der Waals surface area contributed by atoms with Gasteiger partial charge in [0.1, 0.15) is 17.6 Å². The van der Waals surface area contributed by atoms with Crippen molar-refractivity contribution in [2.24, 2.45) is 5.92 Å². The van der Waals surface area contributed by atoms with Gasteiger partial charge in [0.25, 0.3) is 0 Å². The molecule has 0 aromatic heterocycles. The van der Waals surface area contributed by atoms with Crippen LogP contribution in [0.25, 0.3) is 0 Å². The summed E-state index contributed by atoms with van der Waals surface area (Å²) in [6.07, 6.45) is 3.37. The summed E-state index contributed by atoms with van der Waals surface area (Å²) in [6, 6.07) is 6.17. The average Bonchev–Trinajstić information content (AvgIpc) is 2.40. The van der Waals surface area contributed by atoms with Gasteiger partial charge in [0.2, 0.25) is 0 Å². The maximum atomic E-state index is 13.3. The molecule has 96 valence electrons. The van der Waals surface area contributed by atoms with Crippen molar-refractivity contribution in [3.63, 3.8) is 0 Å². The van der Waals surface area contributed by atoms with Crippen molar-refractivity contribution in [3.8, 4) is 11.8 Å². The second kappa shape index (κ2) is 6.36. The molecule has 0 saturated carbocycles. The van der Waals surface area contributed by atoms with Crippen LogP contribution in [0, 0.1) is 23.1 Å². The molecule has 0 atom stereocenters. The summed E-state index contributed by atoms with van der Waals surface area (Å²) in [5.41, 5.74) is 0.0562. The highest BCUT2D eigenvalue weighted by Crippen LogP contribution is 2.19. The Morgan fingerprint density at radius 2 is 2.17 bits per heavy atom. The molecule has 0 unspecified atom stereocenters. The minimum absolute atomic E-state index is 0.0562. The van der Waals surface area contributed by atoms with Crippen LogP contribution in [0.2, 0.25) is 0 Å². The number of nitrogens with one attached hydrogen (secondary N) is 1. The first-order valence-electron chi connectivity index (χ1n) is 6.33. The quantitative estimate of drug-likeness (QED) is 0.890. The summed E-state index contributed by atoms with van der Waals surface area (Å²) in [6.45, 7) is 2.77. The molecular weight excluding hydrogens is 231 g/mol. The van der Waals surface area contributed by atoms with Crippen molar-refractivity contribution in [2.75, 3.05) is 19.7 Å². The number of hydrogen-bond acceptors (Lipinski definition) is 3. The lowest BCUT2D eigenvalue weighted by Crippen LogP contribution is -2.28. The first-order chi connectivity index (χ1) is 8.79. The van der Waals surface area contributed by atoms with Gasteiger partial charge in [0, 0.05) is 6.07 Å².